The van der Waals surface area contributed by atoms with Gasteiger partial charge in [-0.1, -0.05) is 23.7 Å². The average Bonchev–Trinajstić information content (AvgIpc) is 2.91. The molecule has 0 amide bonds. The summed E-state index contributed by atoms with van der Waals surface area (Å²) < 4.78 is 25.7. The van der Waals surface area contributed by atoms with Gasteiger partial charge in [0.05, 0.1) is 0 Å². The molecule has 1 N–H and O–H groups in total. The molecule has 2 rings (SSSR count). The van der Waals surface area contributed by atoms with Gasteiger partial charge in [-0.3, -0.25) is 0 Å². The summed E-state index contributed by atoms with van der Waals surface area (Å²) in [5, 5.41) is 5.17. The van der Waals surface area contributed by atoms with Crippen molar-refractivity contribution in [3.63, 3.8) is 0 Å². The molecule has 0 aromatic heterocycles. The van der Waals surface area contributed by atoms with Crippen LogP contribution in [-0.2, 0) is 10.0 Å². The van der Waals surface area contributed by atoms with Crippen molar-refractivity contribution in [2.24, 2.45) is 0 Å². The van der Waals surface area contributed by atoms with Crippen molar-refractivity contribution in [2.75, 3.05) is 20.1 Å². The fourth-order valence-electron chi connectivity index (χ4n) is 2.17. The molecule has 20 heavy (non-hydrogen) atoms. The van der Waals surface area contributed by atoms with Crippen LogP contribution in [0.4, 0.5) is 0 Å². The van der Waals surface area contributed by atoms with Crippen molar-refractivity contribution in [2.45, 2.75) is 18.9 Å². The molecule has 0 bridgehead atoms. The number of benzene rings is 1. The Labute approximate surface area is 125 Å². The Hall–Kier alpha value is -0.880. The molecule has 1 saturated heterocycles. The largest absolute Gasteiger partial charge is 0.313 e. The second-order valence-electron chi connectivity index (χ2n) is 4.97. The Kier molecular flexibility index (Phi) is 5.21. The quantitative estimate of drug-likeness (QED) is 0.907. The van der Waals surface area contributed by atoms with E-state index in [0.29, 0.717) is 11.6 Å². The van der Waals surface area contributed by atoms with Crippen molar-refractivity contribution >= 4 is 27.7 Å². The predicted molar refractivity (Wildman–Crippen MR) is 83.1 cm³/mol. The van der Waals surface area contributed by atoms with Crippen molar-refractivity contribution in [1.82, 2.24) is 9.62 Å². The van der Waals surface area contributed by atoms with Crippen LogP contribution in [0.2, 0.25) is 5.02 Å². The fraction of sp³-hybridized carbons (Fsp3) is 0.429. The Bertz CT molecular complexity index is 563. The maximum absolute atomic E-state index is 12.1. The predicted octanol–water partition coefficient (Wildman–Crippen LogP) is 2.32. The van der Waals surface area contributed by atoms with Crippen LogP contribution in [0, 0.1) is 0 Å². The third kappa shape index (κ3) is 4.31. The van der Waals surface area contributed by atoms with Crippen LogP contribution >= 0.6 is 11.6 Å². The summed E-state index contributed by atoms with van der Waals surface area (Å²) in [5.41, 5.74) is 0.811. The highest BCUT2D eigenvalue weighted by Crippen LogP contribution is 2.13. The molecule has 1 fully saturated rings. The number of rotatable bonds is 5. The number of hydrogen-bond donors (Lipinski definition) is 1. The Balaban J connectivity index is 2.00. The van der Waals surface area contributed by atoms with Crippen molar-refractivity contribution in [3.05, 3.63) is 40.3 Å². The molecule has 6 heteroatoms. The molecule has 1 aromatic carbocycles. The van der Waals surface area contributed by atoms with E-state index in [-0.39, 0.29) is 6.04 Å². The SMILES string of the molecule is CN(CC1CCCN1)S(=O)(=O)/C=C/c1ccc(Cl)cc1. The van der Waals surface area contributed by atoms with Crippen molar-refractivity contribution in [1.29, 1.82) is 0 Å². The summed E-state index contributed by atoms with van der Waals surface area (Å²) in [7, 11) is -1.76. The van der Waals surface area contributed by atoms with Gasteiger partial charge in [0.1, 0.15) is 0 Å². The van der Waals surface area contributed by atoms with E-state index in [0.717, 1.165) is 24.9 Å². The minimum absolute atomic E-state index is 0.263. The van der Waals surface area contributed by atoms with E-state index in [1.165, 1.54) is 9.71 Å². The molecule has 4 nitrogen and oxygen atoms in total. The molecule has 1 aliphatic rings. The van der Waals surface area contributed by atoms with Crippen LogP contribution in [0.5, 0.6) is 0 Å². The first-order valence-electron chi connectivity index (χ1n) is 6.61. The third-order valence-electron chi connectivity index (χ3n) is 3.38. The van der Waals surface area contributed by atoms with E-state index in [1.54, 1.807) is 37.4 Å². The zero-order chi connectivity index (χ0) is 14.6. The van der Waals surface area contributed by atoms with Crippen LogP contribution in [-0.4, -0.2) is 38.9 Å². The molecule has 1 aliphatic heterocycles. The minimum atomic E-state index is -3.38. The highest BCUT2D eigenvalue weighted by Gasteiger charge is 2.21. The van der Waals surface area contributed by atoms with Crippen LogP contribution in [0.3, 0.4) is 0 Å². The Morgan fingerprint density at radius 3 is 2.70 bits per heavy atom. The van der Waals surface area contributed by atoms with Crippen LogP contribution in [0.15, 0.2) is 29.7 Å². The molecule has 1 atom stereocenters. The van der Waals surface area contributed by atoms with Gasteiger partial charge in [-0.15, -0.1) is 0 Å². The van der Waals surface area contributed by atoms with Gasteiger partial charge >= 0.3 is 0 Å². The number of sulfonamides is 1. The van der Waals surface area contributed by atoms with Gasteiger partial charge in [0, 0.05) is 30.1 Å². The zero-order valence-electron chi connectivity index (χ0n) is 11.4. The number of nitrogens with zero attached hydrogens (tertiary/aromatic N) is 1. The number of nitrogens with one attached hydrogen (secondary N) is 1. The number of halogens is 1. The molecule has 0 aliphatic carbocycles. The smallest absolute Gasteiger partial charge is 0.236 e. The van der Waals surface area contributed by atoms with Crippen LogP contribution < -0.4 is 5.32 Å². The monoisotopic (exact) mass is 314 g/mol. The van der Waals surface area contributed by atoms with Gasteiger partial charge in [-0.05, 0) is 43.2 Å². The summed E-state index contributed by atoms with van der Waals surface area (Å²) >= 11 is 5.79. The summed E-state index contributed by atoms with van der Waals surface area (Å²) in [6, 6.07) is 7.30. The van der Waals surface area contributed by atoms with Crippen molar-refractivity contribution in [3.8, 4) is 0 Å². The van der Waals surface area contributed by atoms with E-state index < -0.39 is 10.0 Å². The number of hydrogen-bond acceptors (Lipinski definition) is 3. The van der Waals surface area contributed by atoms with E-state index in [4.69, 9.17) is 11.6 Å². The third-order valence-corrected chi connectivity index (χ3v) is 5.13. The van der Waals surface area contributed by atoms with E-state index in [1.807, 2.05) is 0 Å². The van der Waals surface area contributed by atoms with Gasteiger partial charge in [0.25, 0.3) is 0 Å². The number of likely N-dealkylation sites (N-methyl/N-ethyl adjacent to an activating group) is 1. The lowest BCUT2D eigenvalue weighted by Crippen LogP contribution is -2.37. The first kappa shape index (κ1) is 15.5. The lowest BCUT2D eigenvalue weighted by molar-refractivity contribution is 0.422. The fourth-order valence-corrected chi connectivity index (χ4v) is 3.22. The van der Waals surface area contributed by atoms with E-state index >= 15 is 0 Å². The Morgan fingerprint density at radius 1 is 1.40 bits per heavy atom. The second kappa shape index (κ2) is 6.72. The van der Waals surface area contributed by atoms with Gasteiger partial charge in [-0.25, -0.2) is 8.42 Å². The standard InChI is InChI=1S/C14H19ClN2O2S/c1-17(11-14-3-2-9-16-14)20(18,19)10-8-12-4-6-13(15)7-5-12/h4-8,10,14,16H,2-3,9,11H2,1H3/b10-8+. The summed E-state index contributed by atoms with van der Waals surface area (Å²) in [6.45, 7) is 1.48. The lowest BCUT2D eigenvalue weighted by atomic mass is 10.2. The molecular weight excluding hydrogens is 296 g/mol. The second-order valence-corrected chi connectivity index (χ2v) is 7.33. The van der Waals surface area contributed by atoms with Gasteiger partial charge in [0.2, 0.25) is 10.0 Å². The van der Waals surface area contributed by atoms with Crippen LogP contribution in [0.1, 0.15) is 18.4 Å². The highest BCUT2D eigenvalue weighted by atomic mass is 35.5. The summed E-state index contributed by atoms with van der Waals surface area (Å²) in [6.07, 6.45) is 3.73. The summed E-state index contributed by atoms with van der Waals surface area (Å²) in [4.78, 5) is 0. The summed E-state index contributed by atoms with van der Waals surface area (Å²) in [5.74, 6) is 0. The molecule has 0 saturated carbocycles. The minimum Gasteiger partial charge on any atom is -0.313 e. The molecule has 0 radical (unpaired) electrons. The Morgan fingerprint density at radius 2 is 2.10 bits per heavy atom. The molecule has 1 heterocycles. The van der Waals surface area contributed by atoms with E-state index in [9.17, 15) is 8.42 Å². The maximum atomic E-state index is 12.1. The molecule has 0 spiro atoms. The molecule has 1 aromatic rings. The highest BCUT2D eigenvalue weighted by molar-refractivity contribution is 7.92. The van der Waals surface area contributed by atoms with Crippen LogP contribution in [0.25, 0.3) is 6.08 Å². The van der Waals surface area contributed by atoms with Gasteiger partial charge in [-0.2, -0.15) is 4.31 Å². The molecule has 1 unspecified atom stereocenters. The normalized spacial score (nSPS) is 20.1. The topological polar surface area (TPSA) is 49.4 Å². The first-order valence-corrected chi connectivity index (χ1v) is 8.49. The van der Waals surface area contributed by atoms with Crippen molar-refractivity contribution < 1.29 is 8.42 Å². The first-order chi connectivity index (χ1) is 9.47. The lowest BCUT2D eigenvalue weighted by Gasteiger charge is -2.19. The zero-order valence-corrected chi connectivity index (χ0v) is 13.0. The average molecular weight is 315 g/mol. The van der Waals surface area contributed by atoms with Gasteiger partial charge < -0.3 is 5.32 Å². The molecular formula is C14H19ClN2O2S. The maximum Gasteiger partial charge on any atom is 0.236 e. The molecule has 110 valence electrons. The van der Waals surface area contributed by atoms with Gasteiger partial charge in [0.15, 0.2) is 0 Å². The van der Waals surface area contributed by atoms with E-state index in [2.05, 4.69) is 5.32 Å².